The Morgan fingerprint density at radius 3 is 2.28 bits per heavy atom. The molecule has 0 spiro atoms. The largest absolute Gasteiger partial charge is 0.439 e. The topological polar surface area (TPSA) is 22.1 Å². The van der Waals surface area contributed by atoms with Crippen molar-refractivity contribution in [1.29, 1.82) is 0 Å². The van der Waals surface area contributed by atoms with Crippen molar-refractivity contribution in [3.05, 3.63) is 101 Å². The van der Waals surface area contributed by atoms with E-state index in [0.29, 0.717) is 5.88 Å². The molecule has 3 aromatic carbocycles. The van der Waals surface area contributed by atoms with E-state index in [1.807, 2.05) is 48.5 Å². The van der Waals surface area contributed by atoms with E-state index in [1.54, 1.807) is 0 Å². The quantitative estimate of drug-likeness (QED) is 0.403. The van der Waals surface area contributed by atoms with Crippen LogP contribution in [0.1, 0.15) is 11.1 Å². The Balaban J connectivity index is 1.80. The average molecular weight is 390 g/mol. The van der Waals surface area contributed by atoms with Crippen molar-refractivity contribution in [2.45, 2.75) is 6.42 Å². The number of ether oxygens (including phenoxy) is 1. The van der Waals surface area contributed by atoms with Crippen LogP contribution >= 0.6 is 15.9 Å². The van der Waals surface area contributed by atoms with Gasteiger partial charge in [0.25, 0.3) is 0 Å². The van der Waals surface area contributed by atoms with Crippen LogP contribution < -0.4 is 4.74 Å². The maximum absolute atomic E-state index is 6.10. The molecule has 0 atom stereocenters. The molecule has 0 N–H and O–H groups in total. The minimum atomic E-state index is 0.657. The highest BCUT2D eigenvalue weighted by Crippen LogP contribution is 2.30. The molecule has 2 nitrogen and oxygen atoms in total. The van der Waals surface area contributed by atoms with Gasteiger partial charge in [0, 0.05) is 21.8 Å². The molecule has 0 fully saturated rings. The first kappa shape index (κ1) is 15.9. The first-order valence-electron chi connectivity index (χ1n) is 8.14. The van der Waals surface area contributed by atoms with Gasteiger partial charge in [-0.25, -0.2) is 4.98 Å². The zero-order valence-corrected chi connectivity index (χ0v) is 15.1. The molecule has 25 heavy (non-hydrogen) atoms. The van der Waals surface area contributed by atoms with Crippen LogP contribution in [0.25, 0.3) is 10.9 Å². The highest BCUT2D eigenvalue weighted by atomic mass is 79.9. The van der Waals surface area contributed by atoms with E-state index < -0.39 is 0 Å². The number of hydrogen-bond donors (Lipinski definition) is 0. The van der Waals surface area contributed by atoms with Gasteiger partial charge in [-0.3, -0.25) is 0 Å². The summed E-state index contributed by atoms with van der Waals surface area (Å²) in [6, 6.07) is 28.4. The summed E-state index contributed by atoms with van der Waals surface area (Å²) in [5.74, 6) is 1.45. The van der Waals surface area contributed by atoms with E-state index in [1.165, 1.54) is 5.56 Å². The minimum absolute atomic E-state index is 0.657. The SMILES string of the molecule is Brc1ccc2nc(Oc3ccccc3)c(Cc3ccccc3)cc2c1. The summed E-state index contributed by atoms with van der Waals surface area (Å²) in [5.41, 5.74) is 3.23. The minimum Gasteiger partial charge on any atom is -0.439 e. The normalized spacial score (nSPS) is 10.8. The van der Waals surface area contributed by atoms with E-state index >= 15 is 0 Å². The van der Waals surface area contributed by atoms with Crippen molar-refractivity contribution in [3.63, 3.8) is 0 Å². The molecule has 0 aliphatic heterocycles. The van der Waals surface area contributed by atoms with Crippen molar-refractivity contribution in [3.8, 4) is 11.6 Å². The smallest absolute Gasteiger partial charge is 0.223 e. The third-order valence-corrected chi connectivity index (χ3v) is 4.50. The summed E-state index contributed by atoms with van der Waals surface area (Å²) < 4.78 is 7.14. The second-order valence-electron chi connectivity index (χ2n) is 5.87. The molecule has 0 aliphatic rings. The Hall–Kier alpha value is -2.65. The molecular formula is C22H16BrNO. The van der Waals surface area contributed by atoms with Crippen LogP contribution in [0.4, 0.5) is 0 Å². The lowest BCUT2D eigenvalue weighted by Crippen LogP contribution is -1.97. The molecule has 4 rings (SSSR count). The third-order valence-electron chi connectivity index (χ3n) is 4.01. The van der Waals surface area contributed by atoms with E-state index in [0.717, 1.165) is 33.1 Å². The second kappa shape index (κ2) is 7.08. The van der Waals surface area contributed by atoms with E-state index in [9.17, 15) is 0 Å². The molecule has 0 aliphatic carbocycles. The van der Waals surface area contributed by atoms with Crippen LogP contribution in [0.2, 0.25) is 0 Å². The fraction of sp³-hybridized carbons (Fsp3) is 0.0455. The molecule has 122 valence electrons. The molecule has 4 aromatic rings. The molecule has 1 heterocycles. The lowest BCUT2D eigenvalue weighted by Gasteiger charge is -2.12. The maximum atomic E-state index is 6.10. The van der Waals surface area contributed by atoms with Gasteiger partial charge in [-0.2, -0.15) is 0 Å². The van der Waals surface area contributed by atoms with Crippen LogP contribution in [-0.4, -0.2) is 4.98 Å². The zero-order valence-electron chi connectivity index (χ0n) is 13.5. The second-order valence-corrected chi connectivity index (χ2v) is 6.78. The van der Waals surface area contributed by atoms with Crippen molar-refractivity contribution >= 4 is 26.8 Å². The Labute approximate surface area is 155 Å². The number of fused-ring (bicyclic) bond motifs is 1. The number of rotatable bonds is 4. The summed E-state index contributed by atoms with van der Waals surface area (Å²) >= 11 is 3.54. The van der Waals surface area contributed by atoms with Crippen LogP contribution in [0.5, 0.6) is 11.6 Å². The molecule has 1 aromatic heterocycles. The fourth-order valence-corrected chi connectivity index (χ4v) is 3.18. The van der Waals surface area contributed by atoms with Crippen LogP contribution in [0.15, 0.2) is 89.4 Å². The van der Waals surface area contributed by atoms with Crippen molar-refractivity contribution in [1.82, 2.24) is 4.98 Å². The third kappa shape index (κ3) is 3.72. The maximum Gasteiger partial charge on any atom is 0.223 e. The first-order chi connectivity index (χ1) is 12.3. The summed E-state index contributed by atoms with van der Waals surface area (Å²) in [6.07, 6.45) is 0.776. The predicted molar refractivity (Wildman–Crippen MR) is 105 cm³/mol. The number of hydrogen-bond acceptors (Lipinski definition) is 2. The summed E-state index contributed by atoms with van der Waals surface area (Å²) in [4.78, 5) is 4.76. The molecule has 0 bridgehead atoms. The number of nitrogens with zero attached hydrogens (tertiary/aromatic N) is 1. The van der Waals surface area contributed by atoms with Gasteiger partial charge in [-0.1, -0.05) is 64.5 Å². The predicted octanol–water partition coefficient (Wildman–Crippen LogP) is 6.38. The van der Waals surface area contributed by atoms with Gasteiger partial charge in [-0.15, -0.1) is 0 Å². The Bertz CT molecular complexity index is 1000. The monoisotopic (exact) mass is 389 g/mol. The van der Waals surface area contributed by atoms with Crippen molar-refractivity contribution in [2.75, 3.05) is 0 Å². The number of para-hydroxylation sites is 1. The van der Waals surface area contributed by atoms with Crippen molar-refractivity contribution in [2.24, 2.45) is 0 Å². The summed E-state index contributed by atoms with van der Waals surface area (Å²) in [7, 11) is 0. The van der Waals surface area contributed by atoms with Gasteiger partial charge in [0.2, 0.25) is 5.88 Å². The Kier molecular flexibility index (Phi) is 4.49. The average Bonchev–Trinajstić information content (AvgIpc) is 2.64. The van der Waals surface area contributed by atoms with E-state index in [-0.39, 0.29) is 0 Å². The van der Waals surface area contributed by atoms with E-state index in [4.69, 9.17) is 9.72 Å². The highest BCUT2D eigenvalue weighted by molar-refractivity contribution is 9.10. The van der Waals surface area contributed by atoms with Gasteiger partial charge < -0.3 is 4.74 Å². The van der Waals surface area contributed by atoms with Crippen molar-refractivity contribution < 1.29 is 4.74 Å². The number of aromatic nitrogens is 1. The van der Waals surface area contributed by atoms with Gasteiger partial charge in [0.1, 0.15) is 5.75 Å². The van der Waals surface area contributed by atoms with Gasteiger partial charge in [-0.05, 0) is 42.0 Å². The van der Waals surface area contributed by atoms with Gasteiger partial charge in [0.15, 0.2) is 0 Å². The van der Waals surface area contributed by atoms with Crippen LogP contribution in [-0.2, 0) is 6.42 Å². The van der Waals surface area contributed by atoms with Crippen LogP contribution in [0, 0.1) is 0 Å². The Morgan fingerprint density at radius 1 is 0.800 bits per heavy atom. The summed E-state index contributed by atoms with van der Waals surface area (Å²) in [5, 5.41) is 1.10. The molecule has 0 saturated heterocycles. The van der Waals surface area contributed by atoms with Gasteiger partial charge >= 0.3 is 0 Å². The van der Waals surface area contributed by atoms with Crippen LogP contribution in [0.3, 0.4) is 0 Å². The number of benzene rings is 3. The highest BCUT2D eigenvalue weighted by Gasteiger charge is 2.11. The molecule has 3 heteroatoms. The molecular weight excluding hydrogens is 374 g/mol. The molecule has 0 amide bonds. The molecule has 0 unspecified atom stereocenters. The lowest BCUT2D eigenvalue weighted by molar-refractivity contribution is 0.459. The molecule has 0 saturated carbocycles. The summed E-state index contributed by atoms with van der Waals surface area (Å²) in [6.45, 7) is 0. The zero-order chi connectivity index (χ0) is 17.1. The standard InChI is InChI=1S/C22H16BrNO/c23-19-11-12-21-17(15-19)14-18(13-16-7-3-1-4-8-16)22(24-21)25-20-9-5-2-6-10-20/h1-12,14-15H,13H2. The Morgan fingerprint density at radius 2 is 1.52 bits per heavy atom. The molecule has 0 radical (unpaired) electrons. The fourth-order valence-electron chi connectivity index (χ4n) is 2.80. The van der Waals surface area contributed by atoms with E-state index in [2.05, 4.69) is 52.3 Å². The number of halogens is 1. The first-order valence-corrected chi connectivity index (χ1v) is 8.93. The lowest BCUT2D eigenvalue weighted by atomic mass is 10.0. The van der Waals surface area contributed by atoms with Gasteiger partial charge in [0.05, 0.1) is 5.52 Å². The number of pyridine rings is 1.